The van der Waals surface area contributed by atoms with E-state index in [2.05, 4.69) is 27.2 Å². The summed E-state index contributed by atoms with van der Waals surface area (Å²) in [5, 5.41) is 3.28. The molecule has 0 amide bonds. The summed E-state index contributed by atoms with van der Waals surface area (Å²) in [6.45, 7) is 5.49. The number of ether oxygens (including phenoxy) is 1. The minimum absolute atomic E-state index is 0.460. The molecule has 5 nitrogen and oxygen atoms in total. The van der Waals surface area contributed by atoms with Gasteiger partial charge in [0, 0.05) is 25.9 Å². The largest absolute Gasteiger partial charge is 0.378 e. The van der Waals surface area contributed by atoms with Crippen molar-refractivity contribution in [3.8, 4) is 11.5 Å². The molecule has 5 heteroatoms. The maximum absolute atomic E-state index is 5.16. The van der Waals surface area contributed by atoms with Crippen molar-refractivity contribution < 1.29 is 4.74 Å². The van der Waals surface area contributed by atoms with Gasteiger partial charge in [-0.25, -0.2) is 9.97 Å². The van der Waals surface area contributed by atoms with Crippen molar-refractivity contribution in [1.29, 1.82) is 0 Å². The van der Waals surface area contributed by atoms with Gasteiger partial charge in [0.2, 0.25) is 0 Å². The number of nitrogens with zero attached hydrogens (tertiary/aromatic N) is 3. The van der Waals surface area contributed by atoms with Crippen LogP contribution in [0, 0.1) is 6.92 Å². The van der Waals surface area contributed by atoms with E-state index in [0.717, 1.165) is 35.7 Å². The molecule has 0 aromatic carbocycles. The van der Waals surface area contributed by atoms with Gasteiger partial charge in [-0.3, -0.25) is 4.98 Å². The molecule has 0 radical (unpaired) electrons. The Morgan fingerprint density at radius 3 is 2.80 bits per heavy atom. The number of aromatic nitrogens is 3. The van der Waals surface area contributed by atoms with Crippen LogP contribution in [-0.4, -0.2) is 28.6 Å². The lowest BCUT2D eigenvalue weighted by Crippen LogP contribution is -2.06. The Bertz CT molecular complexity index is 572. The molecule has 0 aliphatic carbocycles. The number of nitrogens with one attached hydrogen (secondary N) is 1. The average molecular weight is 272 g/mol. The van der Waals surface area contributed by atoms with Crippen molar-refractivity contribution in [2.45, 2.75) is 26.9 Å². The van der Waals surface area contributed by atoms with Crippen molar-refractivity contribution in [1.82, 2.24) is 15.0 Å². The smallest absolute Gasteiger partial charge is 0.180 e. The fraction of sp³-hybridized carbons (Fsp3) is 0.400. The summed E-state index contributed by atoms with van der Waals surface area (Å²) in [5.41, 5.74) is 2.76. The first kappa shape index (κ1) is 14.4. The van der Waals surface area contributed by atoms with E-state index in [0.29, 0.717) is 12.4 Å². The second-order valence-electron chi connectivity index (χ2n) is 4.65. The summed E-state index contributed by atoms with van der Waals surface area (Å²) in [7, 11) is 1.66. The minimum Gasteiger partial charge on any atom is -0.378 e. The van der Waals surface area contributed by atoms with Crippen LogP contribution in [0.1, 0.15) is 24.6 Å². The molecule has 2 aromatic rings. The van der Waals surface area contributed by atoms with Gasteiger partial charge >= 0.3 is 0 Å². The Morgan fingerprint density at radius 1 is 1.25 bits per heavy atom. The Kier molecular flexibility index (Phi) is 5.01. The molecule has 20 heavy (non-hydrogen) atoms. The van der Waals surface area contributed by atoms with Gasteiger partial charge in [-0.1, -0.05) is 6.92 Å². The first-order chi connectivity index (χ1) is 9.72. The number of methoxy groups -OCH3 is 1. The molecule has 0 saturated heterocycles. The maximum Gasteiger partial charge on any atom is 0.180 e. The van der Waals surface area contributed by atoms with Gasteiger partial charge in [-0.2, -0.15) is 0 Å². The van der Waals surface area contributed by atoms with Gasteiger partial charge in [0.15, 0.2) is 5.82 Å². The maximum atomic E-state index is 5.16. The summed E-state index contributed by atoms with van der Waals surface area (Å²) in [6, 6.07) is 5.85. The summed E-state index contributed by atoms with van der Waals surface area (Å²) < 4.78 is 5.16. The van der Waals surface area contributed by atoms with Gasteiger partial charge in [-0.05, 0) is 31.0 Å². The van der Waals surface area contributed by atoms with Crippen molar-refractivity contribution in [3.63, 3.8) is 0 Å². The lowest BCUT2D eigenvalue weighted by Gasteiger charge is -2.09. The molecular formula is C15H20N4O. The highest BCUT2D eigenvalue weighted by Crippen LogP contribution is 2.17. The topological polar surface area (TPSA) is 59.9 Å². The Morgan fingerprint density at radius 2 is 2.10 bits per heavy atom. The lowest BCUT2D eigenvalue weighted by atomic mass is 10.2. The highest BCUT2D eigenvalue weighted by molar-refractivity contribution is 5.53. The van der Waals surface area contributed by atoms with Gasteiger partial charge in [0.05, 0.1) is 12.3 Å². The number of anilines is 1. The van der Waals surface area contributed by atoms with Crippen LogP contribution < -0.4 is 5.32 Å². The normalized spacial score (nSPS) is 10.6. The van der Waals surface area contributed by atoms with E-state index < -0.39 is 0 Å². The van der Waals surface area contributed by atoms with Crippen molar-refractivity contribution in [2.75, 3.05) is 19.0 Å². The SMILES string of the molecule is CCCNc1cc(COC)nc(-c2cc(C)ccn2)n1. The molecule has 0 aliphatic rings. The third kappa shape index (κ3) is 3.74. The molecule has 0 spiro atoms. The molecular weight excluding hydrogens is 252 g/mol. The first-order valence-corrected chi connectivity index (χ1v) is 6.76. The zero-order chi connectivity index (χ0) is 14.4. The quantitative estimate of drug-likeness (QED) is 0.876. The zero-order valence-corrected chi connectivity index (χ0v) is 12.2. The van der Waals surface area contributed by atoms with Crippen LogP contribution in [0.25, 0.3) is 11.5 Å². The van der Waals surface area contributed by atoms with E-state index in [1.54, 1.807) is 13.3 Å². The van der Waals surface area contributed by atoms with Crippen molar-refractivity contribution in [3.05, 3.63) is 35.7 Å². The summed E-state index contributed by atoms with van der Waals surface area (Å²) in [5.74, 6) is 1.44. The van der Waals surface area contributed by atoms with Gasteiger partial charge in [-0.15, -0.1) is 0 Å². The van der Waals surface area contributed by atoms with Crippen molar-refractivity contribution >= 4 is 5.82 Å². The van der Waals surface area contributed by atoms with Crippen LogP contribution in [0.4, 0.5) is 5.82 Å². The third-order valence-corrected chi connectivity index (χ3v) is 2.77. The van der Waals surface area contributed by atoms with Crippen LogP contribution in [-0.2, 0) is 11.3 Å². The molecule has 0 bridgehead atoms. The average Bonchev–Trinajstić information content (AvgIpc) is 2.45. The molecule has 0 saturated carbocycles. The minimum atomic E-state index is 0.460. The van der Waals surface area contributed by atoms with E-state index in [1.807, 2.05) is 25.1 Å². The van der Waals surface area contributed by atoms with E-state index in [-0.39, 0.29) is 0 Å². The molecule has 2 aromatic heterocycles. The number of rotatable bonds is 6. The highest BCUT2D eigenvalue weighted by Gasteiger charge is 2.08. The van der Waals surface area contributed by atoms with Crippen LogP contribution >= 0.6 is 0 Å². The van der Waals surface area contributed by atoms with Crippen LogP contribution in [0.5, 0.6) is 0 Å². The summed E-state index contributed by atoms with van der Waals surface area (Å²) in [6.07, 6.45) is 2.82. The molecule has 0 atom stereocenters. The Hall–Kier alpha value is -2.01. The molecule has 0 unspecified atom stereocenters. The molecule has 2 rings (SSSR count). The predicted molar refractivity (Wildman–Crippen MR) is 79.5 cm³/mol. The monoisotopic (exact) mass is 272 g/mol. The standard InChI is InChI=1S/C15H20N4O/c1-4-6-17-14-9-12(10-20-3)18-15(19-14)13-8-11(2)5-7-16-13/h5,7-9H,4,6,10H2,1-3H3,(H,17,18,19). The van der Waals surface area contributed by atoms with Gasteiger partial charge in [0.1, 0.15) is 11.5 Å². The van der Waals surface area contributed by atoms with E-state index in [9.17, 15) is 0 Å². The van der Waals surface area contributed by atoms with E-state index >= 15 is 0 Å². The van der Waals surface area contributed by atoms with Gasteiger partial charge < -0.3 is 10.1 Å². The fourth-order valence-corrected chi connectivity index (χ4v) is 1.84. The molecule has 2 heterocycles. The number of hydrogen-bond donors (Lipinski definition) is 1. The van der Waals surface area contributed by atoms with Gasteiger partial charge in [0.25, 0.3) is 0 Å². The molecule has 1 N–H and O–H groups in total. The van der Waals surface area contributed by atoms with Crippen LogP contribution in [0.2, 0.25) is 0 Å². The summed E-state index contributed by atoms with van der Waals surface area (Å²) >= 11 is 0. The Labute approximate surface area is 119 Å². The molecule has 0 fully saturated rings. The number of aryl methyl sites for hydroxylation is 1. The number of pyridine rings is 1. The highest BCUT2D eigenvalue weighted by atomic mass is 16.5. The third-order valence-electron chi connectivity index (χ3n) is 2.77. The van der Waals surface area contributed by atoms with E-state index in [4.69, 9.17) is 4.74 Å². The molecule has 0 aliphatic heterocycles. The lowest BCUT2D eigenvalue weighted by molar-refractivity contribution is 0.181. The number of hydrogen-bond acceptors (Lipinski definition) is 5. The van der Waals surface area contributed by atoms with E-state index in [1.165, 1.54) is 0 Å². The second kappa shape index (κ2) is 6.96. The fourth-order valence-electron chi connectivity index (χ4n) is 1.84. The zero-order valence-electron chi connectivity index (χ0n) is 12.2. The molecule has 106 valence electrons. The second-order valence-corrected chi connectivity index (χ2v) is 4.65. The van der Waals surface area contributed by atoms with Crippen LogP contribution in [0.3, 0.4) is 0 Å². The predicted octanol–water partition coefficient (Wildman–Crippen LogP) is 2.82. The van der Waals surface area contributed by atoms with Crippen molar-refractivity contribution in [2.24, 2.45) is 0 Å². The Balaban J connectivity index is 2.37. The summed E-state index contributed by atoms with van der Waals surface area (Å²) in [4.78, 5) is 13.4. The van der Waals surface area contributed by atoms with Crippen LogP contribution in [0.15, 0.2) is 24.4 Å². The first-order valence-electron chi connectivity index (χ1n) is 6.76.